The smallest absolute Gasteiger partial charge is 0.746 e. The number of aromatic amines is 1. The summed E-state index contributed by atoms with van der Waals surface area (Å²) in [6, 6.07) is 0.706. The van der Waals surface area contributed by atoms with E-state index in [1.165, 1.54) is 0 Å². The number of H-pyrrole nitrogens is 1. The maximum atomic E-state index is 11.5. The van der Waals surface area contributed by atoms with E-state index >= 15 is 0 Å². The molecule has 43 heavy (non-hydrogen) atoms. The van der Waals surface area contributed by atoms with Gasteiger partial charge in [-0.1, -0.05) is 60.6 Å². The van der Waals surface area contributed by atoms with Gasteiger partial charge < -0.3 is 41.9 Å². The first-order valence-electron chi connectivity index (χ1n) is 13.9. The zero-order chi connectivity index (χ0) is 30.3. The number of hydrogen-bond acceptors (Lipinski definition) is 2. The maximum Gasteiger partial charge on any atom is 4.00 e. The Morgan fingerprint density at radius 3 is 2.14 bits per heavy atom. The van der Waals surface area contributed by atoms with Crippen molar-refractivity contribution < 1.29 is 36.9 Å². The van der Waals surface area contributed by atoms with Gasteiger partial charge in [0.25, 0.3) is 0 Å². The first kappa shape index (κ1) is 31.6. The van der Waals surface area contributed by atoms with E-state index in [1.54, 1.807) is 0 Å². The molecule has 3 N–H and O–H groups in total. The topological polar surface area (TPSA) is 133 Å². The number of carboxylic acids is 2. The van der Waals surface area contributed by atoms with Crippen molar-refractivity contribution in [1.29, 1.82) is 0 Å². The molecule has 0 aliphatic carbocycles. The number of nitrogens with one attached hydrogen (secondary N) is 1. The van der Waals surface area contributed by atoms with E-state index < -0.39 is 11.9 Å². The number of fused-ring (bicyclic) bond motifs is 8. The van der Waals surface area contributed by atoms with Gasteiger partial charge in [0.2, 0.25) is 0 Å². The van der Waals surface area contributed by atoms with Gasteiger partial charge in [0, 0.05) is 29.8 Å². The summed E-state index contributed by atoms with van der Waals surface area (Å²) in [6.45, 7) is 16.0. The van der Waals surface area contributed by atoms with E-state index in [9.17, 15) is 19.8 Å². The third-order valence-corrected chi connectivity index (χ3v) is 8.36. The van der Waals surface area contributed by atoms with Gasteiger partial charge in [0.15, 0.2) is 0 Å². The van der Waals surface area contributed by atoms with Gasteiger partial charge in [0.05, 0.1) is 0 Å². The molecule has 0 fully saturated rings. The molecule has 0 saturated carbocycles. The summed E-state index contributed by atoms with van der Waals surface area (Å²) in [5.74, 6) is -1.98. The van der Waals surface area contributed by atoms with E-state index in [4.69, 9.17) is 15.3 Å². The van der Waals surface area contributed by atoms with Gasteiger partial charge in [0.1, 0.15) is 0 Å². The molecule has 222 valence electrons. The number of carboxylic acid groups (broad SMARTS) is 2. The molecule has 2 aliphatic heterocycles. The van der Waals surface area contributed by atoms with Crippen molar-refractivity contribution in [2.75, 3.05) is 0 Å². The second-order valence-electron chi connectivity index (χ2n) is 10.9. The number of carbonyl (C=O) groups is 2. The zero-order valence-electron chi connectivity index (χ0n) is 24.7. The molecule has 0 amide bonds. The number of allylic oxidation sites excluding steroid dienone is 1. The largest absolute Gasteiger partial charge is 4.00 e. The summed E-state index contributed by atoms with van der Waals surface area (Å²) >= 11 is 0. The van der Waals surface area contributed by atoms with Crippen LogP contribution >= 0.6 is 0 Å². The molecular formula is C34H34FeN4O4. The second kappa shape index (κ2) is 12.5. The van der Waals surface area contributed by atoms with Gasteiger partial charge in [-0.05, 0) is 51.7 Å². The van der Waals surface area contributed by atoms with Crippen molar-refractivity contribution in [2.24, 2.45) is 5.92 Å². The molecule has 0 radical (unpaired) electrons. The quantitative estimate of drug-likeness (QED) is 0.263. The van der Waals surface area contributed by atoms with Crippen LogP contribution in [0.2, 0.25) is 0 Å². The molecule has 3 aromatic heterocycles. The summed E-state index contributed by atoms with van der Waals surface area (Å²) < 4.78 is 0. The zero-order valence-corrected chi connectivity index (χ0v) is 25.8. The Morgan fingerprint density at radius 2 is 1.49 bits per heavy atom. The van der Waals surface area contributed by atoms with Crippen LogP contribution in [0.4, 0.5) is 0 Å². The van der Waals surface area contributed by atoms with E-state index in [0.29, 0.717) is 24.2 Å². The average Bonchev–Trinajstić information content (AvgIpc) is 3.59. The summed E-state index contributed by atoms with van der Waals surface area (Å²) in [5.41, 5.74) is 9.03. The van der Waals surface area contributed by atoms with E-state index in [1.807, 2.05) is 64.2 Å². The molecular weight excluding hydrogens is 584 g/mol. The number of hydrogen-bond donors (Lipinski definition) is 3. The minimum atomic E-state index is -0.887. The fourth-order valence-electron chi connectivity index (χ4n) is 5.88. The first-order chi connectivity index (χ1) is 20.0. The Kier molecular flexibility index (Phi) is 9.18. The van der Waals surface area contributed by atoms with Crippen LogP contribution in [0.5, 0.6) is 0 Å². The van der Waals surface area contributed by atoms with E-state index in [2.05, 4.69) is 18.1 Å². The van der Waals surface area contributed by atoms with Gasteiger partial charge in [-0.3, -0.25) is 15.7 Å². The average molecular weight is 619 g/mol. The van der Waals surface area contributed by atoms with Crippen molar-refractivity contribution in [3.05, 3.63) is 102 Å². The van der Waals surface area contributed by atoms with Crippen molar-refractivity contribution >= 4 is 48.4 Å². The normalized spacial score (nSPS) is 18.5. The second-order valence-corrected chi connectivity index (χ2v) is 10.9. The maximum absolute atomic E-state index is 11.5. The van der Waals surface area contributed by atoms with Crippen molar-refractivity contribution in [3.8, 4) is 0 Å². The van der Waals surface area contributed by atoms with Crippen molar-refractivity contribution in [3.63, 3.8) is 0 Å². The third-order valence-electron chi connectivity index (χ3n) is 8.36. The minimum absolute atomic E-state index is 0. The molecule has 0 spiro atoms. The number of aliphatic carboxylic acids is 2. The predicted molar refractivity (Wildman–Crippen MR) is 165 cm³/mol. The molecule has 8 bridgehead atoms. The van der Waals surface area contributed by atoms with Crippen LogP contribution in [-0.2, 0) is 33.1 Å². The van der Waals surface area contributed by atoms with Gasteiger partial charge >= 0.3 is 29.0 Å². The monoisotopic (exact) mass is 618 g/mol. The first-order valence-corrected chi connectivity index (χ1v) is 13.9. The fraction of sp³-hybridized carbons (Fsp3) is 0.265. The van der Waals surface area contributed by atoms with Crippen LogP contribution in [0.3, 0.4) is 0 Å². The van der Waals surface area contributed by atoms with E-state index in [0.717, 1.165) is 72.1 Å². The fourth-order valence-corrected chi connectivity index (χ4v) is 5.88. The summed E-state index contributed by atoms with van der Waals surface area (Å²) in [4.78, 5) is 36.5. The predicted octanol–water partition coefficient (Wildman–Crippen LogP) is 3.06. The Bertz CT molecular complexity index is 1920. The Labute approximate surface area is 260 Å². The molecule has 3 aromatic rings. The van der Waals surface area contributed by atoms with Gasteiger partial charge in [-0.15, -0.1) is 27.2 Å². The van der Waals surface area contributed by atoms with Crippen LogP contribution in [0, 0.1) is 32.7 Å². The Hall–Kier alpha value is -4.33. The number of nitrogens with zero attached hydrogens (tertiary/aromatic N) is 3. The number of aromatic nitrogens is 3. The standard InChI is InChI=1S/C34H34N4O4.Fe/c1-7-21-17(3)25-13-26-19(5)23(9-11-33(39)40)31(37-26)16-32-24(10-12-34(41)42)20(6)28(38-32)15-30-22(8-2)18(4)27(36-30)14-29(21)35-25;/h7-8,13-16,23,36H,1-2,9-12H2,3-6H3,(H,39,40)(H,41,42);/q-4;+4/b25-13-,28-15-,29-14-,32-16-;. The molecule has 2 aliphatic rings. The molecule has 8 nitrogen and oxygen atoms in total. The summed E-state index contributed by atoms with van der Waals surface area (Å²) in [5, 5.41) is 26.8. The molecule has 0 aromatic carbocycles. The van der Waals surface area contributed by atoms with Crippen LogP contribution in [0.1, 0.15) is 71.0 Å². The third kappa shape index (κ3) is 5.96. The van der Waals surface area contributed by atoms with Crippen LogP contribution in [0.15, 0.2) is 24.4 Å². The van der Waals surface area contributed by atoms with E-state index in [-0.39, 0.29) is 35.8 Å². The Balaban J connectivity index is 0.00000423. The van der Waals surface area contributed by atoms with Crippen LogP contribution in [0.25, 0.3) is 41.8 Å². The minimum Gasteiger partial charge on any atom is -0.746 e. The van der Waals surface area contributed by atoms with Crippen LogP contribution in [-0.4, -0.2) is 27.1 Å². The van der Waals surface area contributed by atoms with Crippen LogP contribution < -0.4 is 31.4 Å². The number of rotatable bonds is 8. The molecule has 0 saturated heterocycles. The molecule has 1 unspecified atom stereocenters. The molecule has 5 heterocycles. The SMILES string of the molecule is C=Cc1c2[nH]c(c1C)/C=c1\[n-]/c(c(C)c1C=C)=C\C1=C(C)C(CCC(=O)O)[C-](/C=c3\[n-]/c(c(C)c3CCC(=O)O)=C\2)[N-]1.[Fe+4]. The molecule has 5 rings (SSSR count). The summed E-state index contributed by atoms with van der Waals surface area (Å²) in [6.07, 6.45) is 12.1. The van der Waals surface area contributed by atoms with Gasteiger partial charge in [-0.25, -0.2) is 0 Å². The van der Waals surface area contributed by atoms with Crippen molar-refractivity contribution in [1.82, 2.24) is 15.0 Å². The molecule has 1 atom stereocenters. The summed E-state index contributed by atoms with van der Waals surface area (Å²) in [7, 11) is 0. The van der Waals surface area contributed by atoms with Gasteiger partial charge in [-0.2, -0.15) is 5.70 Å². The Morgan fingerprint density at radius 1 is 0.860 bits per heavy atom. The molecule has 9 heteroatoms. The van der Waals surface area contributed by atoms with Crippen molar-refractivity contribution in [2.45, 2.75) is 53.4 Å².